The van der Waals surface area contributed by atoms with E-state index < -0.39 is 0 Å². The van der Waals surface area contributed by atoms with Gasteiger partial charge in [0.2, 0.25) is 5.91 Å². The summed E-state index contributed by atoms with van der Waals surface area (Å²) in [6.07, 6.45) is 0. The molecule has 0 bridgehead atoms. The van der Waals surface area contributed by atoms with E-state index in [0.717, 1.165) is 11.5 Å². The van der Waals surface area contributed by atoms with E-state index in [2.05, 4.69) is 5.32 Å². The van der Waals surface area contributed by atoms with Gasteiger partial charge in [-0.25, -0.2) is 0 Å². The number of nitrogens with zero attached hydrogens (tertiary/aromatic N) is 1. The van der Waals surface area contributed by atoms with Gasteiger partial charge in [-0.2, -0.15) is 0 Å². The predicted molar refractivity (Wildman–Crippen MR) is 53.8 cm³/mol. The smallest absolute Gasteiger partial charge is 0.236 e. The van der Waals surface area contributed by atoms with Crippen LogP contribution in [0.2, 0.25) is 0 Å². The van der Waals surface area contributed by atoms with Crippen molar-refractivity contribution >= 4 is 5.91 Å². The summed E-state index contributed by atoms with van der Waals surface area (Å²) in [6.45, 7) is 2.77. The summed E-state index contributed by atoms with van der Waals surface area (Å²) in [7, 11) is 3.51. The van der Waals surface area contributed by atoms with E-state index in [1.54, 1.807) is 19.0 Å². The van der Waals surface area contributed by atoms with Crippen molar-refractivity contribution in [2.75, 3.05) is 20.6 Å². The lowest BCUT2D eigenvalue weighted by molar-refractivity contribution is -0.129. The molecule has 1 aromatic rings. The third kappa shape index (κ3) is 2.88. The topological polar surface area (TPSA) is 45.5 Å². The Balaban J connectivity index is 2.48. The van der Waals surface area contributed by atoms with Crippen molar-refractivity contribution in [3.8, 4) is 0 Å². The molecule has 0 saturated heterocycles. The molecule has 1 amide bonds. The number of nitrogens with one attached hydrogen (secondary N) is 1. The highest BCUT2D eigenvalue weighted by atomic mass is 16.3. The van der Waals surface area contributed by atoms with Gasteiger partial charge in [0.1, 0.15) is 11.5 Å². The van der Waals surface area contributed by atoms with E-state index >= 15 is 0 Å². The first-order valence-corrected chi connectivity index (χ1v) is 4.57. The standard InChI is InChI=1S/C10H16N2O2/c1-8-4-5-9(14-8)7-12(3)10(13)6-11-2/h4-5,11H,6-7H2,1-3H3. The Morgan fingerprint density at radius 2 is 2.29 bits per heavy atom. The summed E-state index contributed by atoms with van der Waals surface area (Å²) in [5.41, 5.74) is 0. The second-order valence-electron chi connectivity index (χ2n) is 3.29. The number of carbonyl (C=O) groups excluding carboxylic acids is 1. The Morgan fingerprint density at radius 1 is 1.57 bits per heavy atom. The van der Waals surface area contributed by atoms with Crippen molar-refractivity contribution in [2.45, 2.75) is 13.5 Å². The van der Waals surface area contributed by atoms with Crippen LogP contribution in [0.3, 0.4) is 0 Å². The lowest BCUT2D eigenvalue weighted by Gasteiger charge is -2.15. The third-order valence-electron chi connectivity index (χ3n) is 1.94. The summed E-state index contributed by atoms with van der Waals surface area (Å²) >= 11 is 0. The molecular formula is C10H16N2O2. The molecule has 4 nitrogen and oxygen atoms in total. The number of aryl methyl sites for hydroxylation is 1. The van der Waals surface area contributed by atoms with Crippen LogP contribution in [0.25, 0.3) is 0 Å². The fraction of sp³-hybridized carbons (Fsp3) is 0.500. The molecule has 1 aromatic heterocycles. The first kappa shape index (κ1) is 10.8. The van der Waals surface area contributed by atoms with Gasteiger partial charge in [-0.1, -0.05) is 0 Å². The lowest BCUT2D eigenvalue weighted by Crippen LogP contribution is -2.33. The van der Waals surface area contributed by atoms with Gasteiger partial charge in [-0.3, -0.25) is 4.79 Å². The second-order valence-corrected chi connectivity index (χ2v) is 3.29. The first-order valence-electron chi connectivity index (χ1n) is 4.57. The number of carbonyl (C=O) groups is 1. The molecule has 0 radical (unpaired) electrons. The van der Waals surface area contributed by atoms with Crippen LogP contribution in [-0.4, -0.2) is 31.4 Å². The van der Waals surface area contributed by atoms with E-state index in [1.165, 1.54) is 0 Å². The molecule has 0 aliphatic rings. The Morgan fingerprint density at radius 3 is 2.79 bits per heavy atom. The number of hydrogen-bond acceptors (Lipinski definition) is 3. The number of furan rings is 1. The van der Waals surface area contributed by atoms with Crippen LogP contribution >= 0.6 is 0 Å². The molecule has 0 spiro atoms. The van der Waals surface area contributed by atoms with Crippen LogP contribution in [-0.2, 0) is 11.3 Å². The first-order chi connectivity index (χ1) is 6.63. The fourth-order valence-corrected chi connectivity index (χ4v) is 1.18. The predicted octanol–water partition coefficient (Wildman–Crippen LogP) is 0.766. The van der Waals surface area contributed by atoms with Crippen molar-refractivity contribution in [1.29, 1.82) is 0 Å². The highest BCUT2D eigenvalue weighted by Gasteiger charge is 2.09. The van der Waals surface area contributed by atoms with Gasteiger partial charge in [0.15, 0.2) is 0 Å². The monoisotopic (exact) mass is 196 g/mol. The molecule has 4 heteroatoms. The van der Waals surface area contributed by atoms with E-state index in [0.29, 0.717) is 13.1 Å². The molecule has 0 atom stereocenters. The molecule has 0 aliphatic heterocycles. The van der Waals surface area contributed by atoms with Gasteiger partial charge in [0.05, 0.1) is 13.1 Å². The summed E-state index contributed by atoms with van der Waals surface area (Å²) in [6, 6.07) is 3.78. The Kier molecular flexibility index (Phi) is 3.71. The van der Waals surface area contributed by atoms with Crippen LogP contribution in [0.4, 0.5) is 0 Å². The molecule has 0 aromatic carbocycles. The Bertz CT molecular complexity index is 307. The van der Waals surface area contributed by atoms with E-state index in [1.807, 2.05) is 19.1 Å². The van der Waals surface area contributed by atoms with Gasteiger partial charge < -0.3 is 14.6 Å². The third-order valence-corrected chi connectivity index (χ3v) is 1.94. The zero-order valence-electron chi connectivity index (χ0n) is 8.83. The normalized spacial score (nSPS) is 10.2. The summed E-state index contributed by atoms with van der Waals surface area (Å²) < 4.78 is 5.37. The number of amides is 1. The molecule has 14 heavy (non-hydrogen) atoms. The summed E-state index contributed by atoms with van der Waals surface area (Å²) in [5.74, 6) is 1.74. The average Bonchev–Trinajstić information content (AvgIpc) is 2.51. The number of hydrogen-bond donors (Lipinski definition) is 1. The maximum atomic E-state index is 11.4. The molecule has 78 valence electrons. The molecule has 0 unspecified atom stereocenters. The zero-order chi connectivity index (χ0) is 10.6. The Hall–Kier alpha value is -1.29. The van der Waals surface area contributed by atoms with E-state index in [9.17, 15) is 4.79 Å². The van der Waals surface area contributed by atoms with Crippen molar-refractivity contribution in [3.63, 3.8) is 0 Å². The van der Waals surface area contributed by atoms with Crippen molar-refractivity contribution in [2.24, 2.45) is 0 Å². The molecular weight excluding hydrogens is 180 g/mol. The molecule has 1 N–H and O–H groups in total. The average molecular weight is 196 g/mol. The number of likely N-dealkylation sites (N-methyl/N-ethyl adjacent to an activating group) is 2. The van der Waals surface area contributed by atoms with Gasteiger partial charge >= 0.3 is 0 Å². The van der Waals surface area contributed by atoms with Crippen LogP contribution in [0.5, 0.6) is 0 Å². The van der Waals surface area contributed by atoms with Crippen LogP contribution in [0.1, 0.15) is 11.5 Å². The SMILES string of the molecule is CNCC(=O)N(C)Cc1ccc(C)o1. The van der Waals surface area contributed by atoms with Crippen LogP contribution < -0.4 is 5.32 Å². The fourth-order valence-electron chi connectivity index (χ4n) is 1.18. The number of rotatable bonds is 4. The van der Waals surface area contributed by atoms with Gasteiger partial charge in [0, 0.05) is 7.05 Å². The largest absolute Gasteiger partial charge is 0.464 e. The molecule has 1 heterocycles. The van der Waals surface area contributed by atoms with E-state index in [4.69, 9.17) is 4.42 Å². The Labute approximate surface area is 83.9 Å². The van der Waals surface area contributed by atoms with E-state index in [-0.39, 0.29) is 5.91 Å². The van der Waals surface area contributed by atoms with Crippen molar-refractivity contribution < 1.29 is 9.21 Å². The second kappa shape index (κ2) is 4.81. The lowest BCUT2D eigenvalue weighted by atomic mass is 10.4. The van der Waals surface area contributed by atoms with Gasteiger partial charge in [-0.05, 0) is 26.1 Å². The maximum Gasteiger partial charge on any atom is 0.236 e. The van der Waals surface area contributed by atoms with Crippen LogP contribution in [0, 0.1) is 6.92 Å². The minimum Gasteiger partial charge on any atom is -0.464 e. The minimum atomic E-state index is 0.0570. The van der Waals surface area contributed by atoms with Gasteiger partial charge in [-0.15, -0.1) is 0 Å². The summed E-state index contributed by atoms with van der Waals surface area (Å²) in [4.78, 5) is 13.0. The zero-order valence-corrected chi connectivity index (χ0v) is 8.83. The quantitative estimate of drug-likeness (QED) is 0.773. The molecule has 0 fully saturated rings. The van der Waals surface area contributed by atoms with Gasteiger partial charge in [0.25, 0.3) is 0 Å². The minimum absolute atomic E-state index is 0.0570. The highest BCUT2D eigenvalue weighted by molar-refractivity contribution is 5.77. The summed E-state index contributed by atoms with van der Waals surface area (Å²) in [5, 5.41) is 2.82. The molecule has 1 rings (SSSR count). The molecule has 0 aliphatic carbocycles. The highest BCUT2D eigenvalue weighted by Crippen LogP contribution is 2.08. The maximum absolute atomic E-state index is 11.4. The van der Waals surface area contributed by atoms with Crippen molar-refractivity contribution in [1.82, 2.24) is 10.2 Å². The van der Waals surface area contributed by atoms with Crippen molar-refractivity contribution in [3.05, 3.63) is 23.7 Å². The van der Waals surface area contributed by atoms with Crippen LogP contribution in [0.15, 0.2) is 16.5 Å². The molecule has 0 saturated carbocycles.